The second-order valence-corrected chi connectivity index (χ2v) is 14.5. The number of hydrogen-bond acceptors (Lipinski definition) is 9. The maximum Gasteiger partial charge on any atom is 0.390 e. The smallest absolute Gasteiger partial charge is 0.390 e. The monoisotopic (exact) mass is 621 g/mol. The van der Waals surface area contributed by atoms with Gasteiger partial charge in [0.2, 0.25) is 5.95 Å². The van der Waals surface area contributed by atoms with Crippen LogP contribution in [-0.2, 0) is 25.1 Å². The molecule has 3 aromatic heterocycles. The van der Waals surface area contributed by atoms with Gasteiger partial charge in [-0.25, -0.2) is 23.4 Å². The Balaban J connectivity index is 1.40. The van der Waals surface area contributed by atoms with Crippen LogP contribution in [0.3, 0.4) is 0 Å². The molecule has 0 bridgehead atoms. The summed E-state index contributed by atoms with van der Waals surface area (Å²) < 4.78 is 67.2. The molecule has 0 aromatic carbocycles. The Labute approximate surface area is 250 Å². The molecular weight excluding hydrogens is 583 g/mol. The molecule has 13 heteroatoms. The minimum atomic E-state index is -4.54. The fourth-order valence-electron chi connectivity index (χ4n) is 5.24. The number of hydrogen-bond donors (Lipinski definition) is 1. The molecule has 0 aliphatic heterocycles. The lowest BCUT2D eigenvalue weighted by Gasteiger charge is -2.29. The van der Waals surface area contributed by atoms with Crippen molar-refractivity contribution in [2.45, 2.75) is 96.7 Å². The predicted molar refractivity (Wildman–Crippen MR) is 158 cm³/mol. The summed E-state index contributed by atoms with van der Waals surface area (Å²) in [5, 5.41) is 3.42. The summed E-state index contributed by atoms with van der Waals surface area (Å²) >= 11 is 0. The molecule has 234 valence electrons. The Bertz CT molecular complexity index is 1580. The van der Waals surface area contributed by atoms with E-state index in [1.54, 1.807) is 19.2 Å². The summed E-state index contributed by atoms with van der Waals surface area (Å²) in [6.45, 7) is 9.23. The summed E-state index contributed by atoms with van der Waals surface area (Å²) in [5.41, 5.74) is 3.63. The number of fused-ring (bicyclic) bond motifs is 1. The summed E-state index contributed by atoms with van der Waals surface area (Å²) in [4.78, 5) is 30.4. The number of anilines is 1. The normalized spacial score (nSPS) is 18.0. The molecule has 1 fully saturated rings. The molecular formula is C30H38F3N5O4S. The van der Waals surface area contributed by atoms with Gasteiger partial charge in [-0.15, -0.1) is 0 Å². The number of sulfone groups is 1. The van der Waals surface area contributed by atoms with Crippen molar-refractivity contribution in [1.29, 1.82) is 0 Å². The zero-order valence-electron chi connectivity index (χ0n) is 25.1. The number of pyridine rings is 2. The van der Waals surface area contributed by atoms with E-state index < -0.39 is 39.5 Å². The first-order chi connectivity index (χ1) is 20.0. The van der Waals surface area contributed by atoms with Crippen LogP contribution in [0.25, 0.3) is 22.3 Å². The van der Waals surface area contributed by atoms with Crippen LogP contribution in [-0.4, -0.2) is 57.9 Å². The van der Waals surface area contributed by atoms with Crippen LogP contribution in [0.1, 0.15) is 76.2 Å². The van der Waals surface area contributed by atoms with Crippen molar-refractivity contribution in [3.63, 3.8) is 0 Å². The number of ether oxygens (including phenoxy) is 1. The van der Waals surface area contributed by atoms with Crippen molar-refractivity contribution < 1.29 is 31.1 Å². The van der Waals surface area contributed by atoms with Crippen LogP contribution in [0.5, 0.6) is 0 Å². The molecule has 0 spiro atoms. The fraction of sp³-hybridized carbons (Fsp3) is 0.567. The number of aromatic nitrogens is 4. The molecule has 3 aromatic rings. The Hall–Kier alpha value is -3.35. The van der Waals surface area contributed by atoms with Gasteiger partial charge in [-0.05, 0) is 90.0 Å². The van der Waals surface area contributed by atoms with Crippen molar-refractivity contribution in [1.82, 2.24) is 19.9 Å². The van der Waals surface area contributed by atoms with Crippen molar-refractivity contribution in [2.24, 2.45) is 5.92 Å². The van der Waals surface area contributed by atoms with Crippen LogP contribution in [0.2, 0.25) is 0 Å². The number of esters is 1. The molecule has 43 heavy (non-hydrogen) atoms. The van der Waals surface area contributed by atoms with E-state index in [4.69, 9.17) is 14.7 Å². The molecule has 4 rings (SSSR count). The van der Waals surface area contributed by atoms with E-state index in [0.717, 1.165) is 31.2 Å². The first kappa shape index (κ1) is 32.6. The van der Waals surface area contributed by atoms with Crippen LogP contribution in [0, 0.1) is 19.8 Å². The molecule has 9 nitrogen and oxygen atoms in total. The number of halogens is 3. The lowest BCUT2D eigenvalue weighted by Crippen LogP contribution is -2.30. The van der Waals surface area contributed by atoms with Gasteiger partial charge in [0.05, 0.1) is 41.0 Å². The Morgan fingerprint density at radius 1 is 1.05 bits per heavy atom. The van der Waals surface area contributed by atoms with Crippen LogP contribution in [0.15, 0.2) is 24.4 Å². The molecule has 3 heterocycles. The summed E-state index contributed by atoms with van der Waals surface area (Å²) in [7, 11) is -3.97. The third-order valence-corrected chi connectivity index (χ3v) is 8.84. The van der Waals surface area contributed by atoms with E-state index in [-0.39, 0.29) is 17.7 Å². The quantitative estimate of drug-likeness (QED) is 0.275. The highest BCUT2D eigenvalue weighted by molar-refractivity contribution is 7.90. The molecule has 1 saturated carbocycles. The second kappa shape index (κ2) is 12.7. The van der Waals surface area contributed by atoms with E-state index in [0.29, 0.717) is 46.3 Å². The standard InChI is InChI=1S/C30H38F3N5O4S/c1-18-14-24(23-11-10-22(35-19(23)2)17-43(40,41)13-12-30(31,32)33)37-25-16-34-28(38-27(18)25)36-21-8-6-20(7-9-21)15-26(39)42-29(3,4)5/h10-11,14,16,20-21H,6-9,12-13,15,17H2,1-5H3,(H,34,36,38). The highest BCUT2D eigenvalue weighted by Crippen LogP contribution is 2.30. The first-order valence-electron chi connectivity index (χ1n) is 14.3. The Kier molecular flexibility index (Phi) is 9.63. The molecule has 0 radical (unpaired) electrons. The lowest BCUT2D eigenvalue weighted by molar-refractivity contribution is -0.156. The van der Waals surface area contributed by atoms with E-state index in [1.807, 2.05) is 33.8 Å². The van der Waals surface area contributed by atoms with E-state index in [2.05, 4.69) is 15.3 Å². The number of carbonyl (C=O) groups excluding carboxylic acids is 1. The SMILES string of the molecule is Cc1nc(CS(=O)(=O)CCC(F)(F)F)ccc1-c1cc(C)c2nc(NC3CCC(CC(=O)OC(C)(C)C)CC3)ncc2n1. The third-order valence-electron chi connectivity index (χ3n) is 7.28. The number of alkyl halides is 3. The average molecular weight is 622 g/mol. The lowest BCUT2D eigenvalue weighted by atomic mass is 9.84. The van der Waals surface area contributed by atoms with Crippen LogP contribution in [0.4, 0.5) is 19.1 Å². The maximum atomic E-state index is 12.5. The van der Waals surface area contributed by atoms with Gasteiger partial charge in [0.15, 0.2) is 9.84 Å². The van der Waals surface area contributed by atoms with E-state index in [9.17, 15) is 26.4 Å². The van der Waals surface area contributed by atoms with Gasteiger partial charge in [-0.3, -0.25) is 9.78 Å². The van der Waals surface area contributed by atoms with Crippen LogP contribution < -0.4 is 5.32 Å². The Morgan fingerprint density at radius 3 is 2.37 bits per heavy atom. The van der Waals surface area contributed by atoms with E-state index in [1.165, 1.54) is 6.07 Å². The largest absolute Gasteiger partial charge is 0.460 e. The van der Waals surface area contributed by atoms with Gasteiger partial charge in [0.25, 0.3) is 0 Å². The molecule has 1 aliphatic carbocycles. The van der Waals surface area contributed by atoms with Crippen LogP contribution >= 0.6 is 0 Å². The minimum Gasteiger partial charge on any atom is -0.460 e. The molecule has 1 aliphatic rings. The van der Waals surface area contributed by atoms with Gasteiger partial charge in [-0.1, -0.05) is 0 Å². The Morgan fingerprint density at radius 2 is 1.74 bits per heavy atom. The third kappa shape index (κ3) is 9.57. The van der Waals surface area contributed by atoms with E-state index >= 15 is 0 Å². The highest BCUT2D eigenvalue weighted by Gasteiger charge is 2.30. The highest BCUT2D eigenvalue weighted by atomic mass is 32.2. The zero-order valence-corrected chi connectivity index (χ0v) is 25.9. The topological polar surface area (TPSA) is 124 Å². The van der Waals surface area contributed by atoms with Gasteiger partial charge in [0, 0.05) is 23.7 Å². The number of aryl methyl sites for hydroxylation is 2. The number of rotatable bonds is 9. The molecule has 0 unspecified atom stereocenters. The summed E-state index contributed by atoms with van der Waals surface area (Å²) in [6, 6.07) is 5.25. The predicted octanol–water partition coefficient (Wildman–Crippen LogP) is 6.27. The molecule has 1 N–H and O–H groups in total. The molecule has 0 saturated heterocycles. The van der Waals surface area contributed by atoms with Gasteiger partial charge in [0.1, 0.15) is 11.1 Å². The molecule has 0 atom stereocenters. The van der Waals surface area contributed by atoms with Gasteiger partial charge in [-0.2, -0.15) is 13.2 Å². The summed E-state index contributed by atoms with van der Waals surface area (Å²) in [6.07, 6.45) is -0.205. The van der Waals surface area contributed by atoms with Crippen molar-refractivity contribution >= 4 is 32.8 Å². The fourth-order valence-corrected chi connectivity index (χ4v) is 6.53. The maximum absolute atomic E-state index is 12.5. The number of nitrogens with zero attached hydrogens (tertiary/aromatic N) is 4. The first-order valence-corrected chi connectivity index (χ1v) is 16.2. The van der Waals surface area contributed by atoms with Crippen molar-refractivity contribution in [2.75, 3.05) is 11.1 Å². The average Bonchev–Trinajstić information content (AvgIpc) is 2.87. The molecule has 0 amide bonds. The zero-order chi connectivity index (χ0) is 31.6. The van der Waals surface area contributed by atoms with Crippen molar-refractivity contribution in [3.8, 4) is 11.3 Å². The van der Waals surface area contributed by atoms with Gasteiger partial charge < -0.3 is 10.1 Å². The van der Waals surface area contributed by atoms with Gasteiger partial charge >= 0.3 is 12.1 Å². The summed E-state index contributed by atoms with van der Waals surface area (Å²) in [5.74, 6) is -0.880. The number of nitrogens with one attached hydrogen (secondary N) is 1. The number of carbonyl (C=O) groups is 1. The second-order valence-electron chi connectivity index (χ2n) is 12.3. The van der Waals surface area contributed by atoms with Crippen molar-refractivity contribution in [3.05, 3.63) is 41.3 Å². The minimum absolute atomic E-state index is 0.154.